The molecule has 1 aromatic carbocycles. The molecule has 0 spiro atoms. The summed E-state index contributed by atoms with van der Waals surface area (Å²) in [7, 11) is 0. The second-order valence-corrected chi connectivity index (χ2v) is 6.58. The quantitative estimate of drug-likeness (QED) is 0.765. The average Bonchev–Trinajstić information content (AvgIpc) is 3.26. The van der Waals surface area contributed by atoms with Crippen LogP contribution < -0.4 is 16.4 Å². The van der Waals surface area contributed by atoms with E-state index in [1.54, 1.807) is 24.3 Å². The third-order valence-electron chi connectivity index (χ3n) is 4.89. The van der Waals surface area contributed by atoms with Gasteiger partial charge in [0.25, 0.3) is 11.8 Å². The molecule has 6 nitrogen and oxygen atoms in total. The first-order valence-corrected chi connectivity index (χ1v) is 8.71. The van der Waals surface area contributed by atoms with Gasteiger partial charge in [-0.15, -0.1) is 0 Å². The van der Waals surface area contributed by atoms with Crippen molar-refractivity contribution in [2.75, 3.05) is 18.5 Å². The summed E-state index contributed by atoms with van der Waals surface area (Å²) in [5.41, 5.74) is 6.93. The molecule has 2 fully saturated rings. The topological polar surface area (TPSA) is 93.5 Å². The van der Waals surface area contributed by atoms with Crippen LogP contribution in [-0.4, -0.2) is 37.1 Å². The van der Waals surface area contributed by atoms with Crippen LogP contribution in [0.25, 0.3) is 0 Å². The van der Waals surface area contributed by atoms with E-state index in [9.17, 15) is 9.59 Å². The molecule has 130 valence electrons. The van der Waals surface area contributed by atoms with E-state index in [1.807, 2.05) is 0 Å². The minimum Gasteiger partial charge on any atom is -0.368 e. The minimum absolute atomic E-state index is 0.117. The van der Waals surface area contributed by atoms with Gasteiger partial charge in [0.2, 0.25) is 0 Å². The van der Waals surface area contributed by atoms with Crippen molar-refractivity contribution in [1.82, 2.24) is 5.32 Å². The molecule has 1 saturated heterocycles. The van der Waals surface area contributed by atoms with Crippen LogP contribution in [-0.2, 0) is 9.53 Å². The Hall–Kier alpha value is -1.92. The van der Waals surface area contributed by atoms with Crippen LogP contribution in [0, 0.1) is 5.92 Å². The summed E-state index contributed by atoms with van der Waals surface area (Å²) in [6, 6.07) is 7.15. The number of amides is 2. The number of hydrogen-bond donors (Lipinski definition) is 3. The molecule has 1 saturated carbocycles. The molecular weight excluding hydrogens is 306 g/mol. The van der Waals surface area contributed by atoms with Gasteiger partial charge >= 0.3 is 0 Å². The average molecular weight is 331 g/mol. The molecule has 0 radical (unpaired) electrons. The van der Waals surface area contributed by atoms with E-state index in [2.05, 4.69) is 10.6 Å². The third kappa shape index (κ3) is 3.94. The maximum Gasteiger partial charge on any atom is 0.253 e. The first-order valence-electron chi connectivity index (χ1n) is 8.71. The summed E-state index contributed by atoms with van der Waals surface area (Å²) < 4.78 is 5.37. The van der Waals surface area contributed by atoms with E-state index in [1.165, 1.54) is 0 Å². The number of carbonyl (C=O) groups is 2. The standard InChI is InChI=1S/C18H25N3O3/c19-11-13-5-2-7-15(13)21-17(22)12-4-1-6-14(10-12)20-18(23)16-8-3-9-24-16/h1,4,6,10,13,15-16H,2-3,5,7-9,11,19H2,(H,20,23)(H,21,22). The van der Waals surface area contributed by atoms with E-state index in [4.69, 9.17) is 10.5 Å². The third-order valence-corrected chi connectivity index (χ3v) is 4.89. The molecule has 0 bridgehead atoms. The zero-order chi connectivity index (χ0) is 16.9. The second-order valence-electron chi connectivity index (χ2n) is 6.58. The summed E-state index contributed by atoms with van der Waals surface area (Å²) >= 11 is 0. The number of benzene rings is 1. The van der Waals surface area contributed by atoms with Gasteiger partial charge in [0.15, 0.2) is 0 Å². The van der Waals surface area contributed by atoms with Gasteiger partial charge in [0.1, 0.15) is 6.10 Å². The Morgan fingerprint density at radius 1 is 1.21 bits per heavy atom. The van der Waals surface area contributed by atoms with Crippen molar-refractivity contribution in [3.05, 3.63) is 29.8 Å². The molecule has 1 aromatic rings. The first kappa shape index (κ1) is 16.9. The number of rotatable bonds is 5. The highest BCUT2D eigenvalue weighted by atomic mass is 16.5. The van der Waals surface area contributed by atoms with Crippen LogP contribution in [0.15, 0.2) is 24.3 Å². The first-order chi connectivity index (χ1) is 11.7. The zero-order valence-electron chi connectivity index (χ0n) is 13.8. The van der Waals surface area contributed by atoms with Crippen LogP contribution in [0.1, 0.15) is 42.5 Å². The molecule has 2 aliphatic rings. The molecule has 1 heterocycles. The van der Waals surface area contributed by atoms with Gasteiger partial charge in [-0.3, -0.25) is 9.59 Å². The van der Waals surface area contributed by atoms with Crippen molar-refractivity contribution in [2.24, 2.45) is 11.7 Å². The Labute approximate surface area is 142 Å². The van der Waals surface area contributed by atoms with Gasteiger partial charge < -0.3 is 21.1 Å². The van der Waals surface area contributed by atoms with Crippen LogP contribution >= 0.6 is 0 Å². The lowest BCUT2D eigenvalue weighted by molar-refractivity contribution is -0.124. The lowest BCUT2D eigenvalue weighted by Gasteiger charge is -2.19. The Balaban J connectivity index is 1.61. The Morgan fingerprint density at radius 3 is 2.83 bits per heavy atom. The molecule has 24 heavy (non-hydrogen) atoms. The maximum absolute atomic E-state index is 12.5. The van der Waals surface area contributed by atoms with Gasteiger partial charge in [0.05, 0.1) is 0 Å². The predicted octanol–water partition coefficient (Wildman–Crippen LogP) is 1.66. The fourth-order valence-electron chi connectivity index (χ4n) is 3.51. The number of hydrogen-bond acceptors (Lipinski definition) is 4. The molecular formula is C18H25N3O3. The van der Waals surface area contributed by atoms with Crippen LogP contribution in [0.4, 0.5) is 5.69 Å². The van der Waals surface area contributed by atoms with Crippen molar-refractivity contribution in [3.8, 4) is 0 Å². The molecule has 3 rings (SSSR count). The Kier molecular flexibility index (Phi) is 5.48. The zero-order valence-corrected chi connectivity index (χ0v) is 13.8. The maximum atomic E-state index is 12.5. The van der Waals surface area contributed by atoms with Gasteiger partial charge in [-0.1, -0.05) is 12.5 Å². The number of carbonyl (C=O) groups excluding carboxylic acids is 2. The molecule has 0 aromatic heterocycles. The minimum atomic E-state index is -0.383. The molecule has 1 aliphatic carbocycles. The lowest BCUT2D eigenvalue weighted by atomic mass is 10.0. The molecule has 3 atom stereocenters. The van der Waals surface area contributed by atoms with Crippen LogP contribution in [0.2, 0.25) is 0 Å². The van der Waals surface area contributed by atoms with Crippen LogP contribution in [0.3, 0.4) is 0 Å². The van der Waals surface area contributed by atoms with Crippen molar-refractivity contribution < 1.29 is 14.3 Å². The van der Waals surface area contributed by atoms with Gasteiger partial charge in [-0.05, 0) is 56.3 Å². The van der Waals surface area contributed by atoms with E-state index in [0.29, 0.717) is 30.3 Å². The van der Waals surface area contributed by atoms with E-state index >= 15 is 0 Å². The van der Waals surface area contributed by atoms with Crippen LogP contribution in [0.5, 0.6) is 0 Å². The predicted molar refractivity (Wildman–Crippen MR) is 91.7 cm³/mol. The highest BCUT2D eigenvalue weighted by Crippen LogP contribution is 2.25. The summed E-state index contributed by atoms with van der Waals surface area (Å²) in [5.74, 6) is 0.0916. The fourth-order valence-corrected chi connectivity index (χ4v) is 3.51. The Morgan fingerprint density at radius 2 is 2.08 bits per heavy atom. The van der Waals surface area contributed by atoms with Crippen molar-refractivity contribution in [3.63, 3.8) is 0 Å². The number of nitrogens with two attached hydrogens (primary N) is 1. The Bertz CT molecular complexity index is 599. The van der Waals surface area contributed by atoms with Crippen molar-refractivity contribution in [1.29, 1.82) is 0 Å². The lowest BCUT2D eigenvalue weighted by Crippen LogP contribution is -2.39. The van der Waals surface area contributed by atoms with Gasteiger partial charge in [-0.2, -0.15) is 0 Å². The van der Waals surface area contributed by atoms with Gasteiger partial charge in [-0.25, -0.2) is 0 Å². The van der Waals surface area contributed by atoms with E-state index in [-0.39, 0.29) is 24.0 Å². The molecule has 1 aliphatic heterocycles. The SMILES string of the molecule is NCC1CCCC1NC(=O)c1cccc(NC(=O)C2CCCO2)c1. The molecule has 6 heteroatoms. The summed E-state index contributed by atoms with van der Waals surface area (Å²) in [5, 5.41) is 5.90. The summed E-state index contributed by atoms with van der Waals surface area (Å²) in [6.07, 6.45) is 4.41. The largest absolute Gasteiger partial charge is 0.368 e. The molecule has 4 N–H and O–H groups in total. The number of nitrogens with one attached hydrogen (secondary N) is 2. The van der Waals surface area contributed by atoms with E-state index in [0.717, 1.165) is 32.1 Å². The normalized spacial score (nSPS) is 26.3. The highest BCUT2D eigenvalue weighted by Gasteiger charge is 2.28. The number of anilines is 1. The van der Waals surface area contributed by atoms with Crippen molar-refractivity contribution in [2.45, 2.75) is 44.2 Å². The van der Waals surface area contributed by atoms with Crippen molar-refractivity contribution >= 4 is 17.5 Å². The number of ether oxygens (including phenoxy) is 1. The second kappa shape index (κ2) is 7.77. The summed E-state index contributed by atoms with van der Waals surface area (Å²) in [6.45, 7) is 1.23. The van der Waals surface area contributed by atoms with Gasteiger partial charge in [0, 0.05) is 23.9 Å². The van der Waals surface area contributed by atoms with E-state index < -0.39 is 0 Å². The summed E-state index contributed by atoms with van der Waals surface area (Å²) in [4.78, 5) is 24.6. The smallest absolute Gasteiger partial charge is 0.253 e. The monoisotopic (exact) mass is 331 g/mol. The molecule has 2 amide bonds. The highest BCUT2D eigenvalue weighted by molar-refractivity contribution is 5.98. The fraction of sp³-hybridized carbons (Fsp3) is 0.556. The molecule has 3 unspecified atom stereocenters.